The monoisotopic (exact) mass is 463 g/mol. The maximum atomic E-state index is 11.4. The Morgan fingerprint density at radius 1 is 0.967 bits per heavy atom. The van der Waals surface area contributed by atoms with Gasteiger partial charge in [0, 0.05) is 23.8 Å². The number of azo groups is 1. The van der Waals surface area contributed by atoms with E-state index in [2.05, 4.69) is 15.1 Å². The topological polar surface area (TPSA) is 82.3 Å². The first-order valence-electron chi connectivity index (χ1n) is 9.04. The highest BCUT2D eigenvalue weighted by Gasteiger charge is 2.11. The Morgan fingerprint density at radius 2 is 1.70 bits per heavy atom. The summed E-state index contributed by atoms with van der Waals surface area (Å²) in [5, 5.41) is 9.33. The molecule has 0 aliphatic carbocycles. The largest absolute Gasteiger partial charge is 0.367 e. The summed E-state index contributed by atoms with van der Waals surface area (Å²) in [5.41, 5.74) is 2.85. The van der Waals surface area contributed by atoms with Gasteiger partial charge in [-0.05, 0) is 67.1 Å². The second kappa shape index (κ2) is 9.57. The van der Waals surface area contributed by atoms with E-state index in [1.54, 1.807) is 24.3 Å². The van der Waals surface area contributed by atoms with E-state index in [4.69, 9.17) is 23.2 Å². The van der Waals surface area contributed by atoms with Crippen molar-refractivity contribution in [1.82, 2.24) is 0 Å². The molecular formula is C21H19Cl2N3O3S. The van der Waals surface area contributed by atoms with Gasteiger partial charge >= 0.3 is 0 Å². The van der Waals surface area contributed by atoms with Crippen LogP contribution in [0.1, 0.15) is 12.5 Å². The van der Waals surface area contributed by atoms with E-state index in [1.165, 1.54) is 12.1 Å². The Morgan fingerprint density at radius 3 is 2.37 bits per heavy atom. The van der Waals surface area contributed by atoms with Crippen LogP contribution in [-0.2, 0) is 16.7 Å². The summed E-state index contributed by atoms with van der Waals surface area (Å²) in [6.07, 6.45) is 0. The minimum atomic E-state index is -4.23. The molecule has 1 N–H and O–H groups in total. The number of rotatable bonds is 7. The molecule has 9 heteroatoms. The first-order chi connectivity index (χ1) is 14.3. The average molecular weight is 464 g/mol. The summed E-state index contributed by atoms with van der Waals surface area (Å²) in [7, 11) is -4.23. The van der Waals surface area contributed by atoms with Gasteiger partial charge in [0.15, 0.2) is 0 Å². The van der Waals surface area contributed by atoms with E-state index in [0.717, 1.165) is 11.3 Å². The SMILES string of the molecule is CCN(Cc1cccc(S(=O)(=O)O)c1)c1ccc(N=Nc2cc(Cl)ccc2Cl)cc1. The normalized spacial score (nSPS) is 11.7. The van der Waals surface area contributed by atoms with Gasteiger partial charge in [0.25, 0.3) is 10.1 Å². The van der Waals surface area contributed by atoms with Crippen molar-refractivity contribution in [3.63, 3.8) is 0 Å². The number of nitrogens with zero attached hydrogens (tertiary/aromatic N) is 3. The summed E-state index contributed by atoms with van der Waals surface area (Å²) < 4.78 is 32.0. The van der Waals surface area contributed by atoms with Gasteiger partial charge in [0.1, 0.15) is 5.69 Å². The van der Waals surface area contributed by atoms with Gasteiger partial charge in [-0.3, -0.25) is 4.55 Å². The van der Waals surface area contributed by atoms with Crippen LogP contribution in [0.15, 0.2) is 81.9 Å². The zero-order chi connectivity index (χ0) is 21.7. The molecule has 0 heterocycles. The van der Waals surface area contributed by atoms with Gasteiger partial charge in [0.05, 0.1) is 15.6 Å². The van der Waals surface area contributed by atoms with Crippen molar-refractivity contribution in [2.24, 2.45) is 10.2 Å². The Balaban J connectivity index is 1.75. The van der Waals surface area contributed by atoms with Gasteiger partial charge < -0.3 is 4.90 Å². The molecule has 0 unspecified atom stereocenters. The zero-order valence-corrected chi connectivity index (χ0v) is 18.4. The van der Waals surface area contributed by atoms with Gasteiger partial charge in [-0.25, -0.2) is 0 Å². The Labute approximate surface area is 185 Å². The molecule has 0 bridgehead atoms. The van der Waals surface area contributed by atoms with Crippen LogP contribution in [0, 0.1) is 0 Å². The summed E-state index contributed by atoms with van der Waals surface area (Å²) >= 11 is 12.1. The molecule has 0 aliphatic heterocycles. The third-order valence-electron chi connectivity index (χ3n) is 4.35. The molecule has 0 fully saturated rings. The minimum absolute atomic E-state index is 0.119. The summed E-state index contributed by atoms with van der Waals surface area (Å²) in [6, 6.07) is 18.7. The molecule has 6 nitrogen and oxygen atoms in total. The number of hydrogen-bond acceptors (Lipinski definition) is 5. The van der Waals surface area contributed by atoms with Crippen LogP contribution in [-0.4, -0.2) is 19.5 Å². The fraction of sp³-hybridized carbons (Fsp3) is 0.143. The maximum Gasteiger partial charge on any atom is 0.294 e. The first kappa shape index (κ1) is 22.2. The molecule has 3 rings (SSSR count). The van der Waals surface area contributed by atoms with Crippen LogP contribution in [0.3, 0.4) is 0 Å². The zero-order valence-electron chi connectivity index (χ0n) is 16.0. The number of halogens is 2. The van der Waals surface area contributed by atoms with Gasteiger partial charge in [-0.1, -0.05) is 35.3 Å². The van der Waals surface area contributed by atoms with Crippen LogP contribution < -0.4 is 4.90 Å². The van der Waals surface area contributed by atoms with Gasteiger partial charge in [-0.15, -0.1) is 5.11 Å². The summed E-state index contributed by atoms with van der Waals surface area (Å²) in [5.74, 6) is 0. The van der Waals surface area contributed by atoms with Crippen molar-refractivity contribution in [2.45, 2.75) is 18.4 Å². The Bertz CT molecular complexity index is 1170. The lowest BCUT2D eigenvalue weighted by Gasteiger charge is -2.23. The molecule has 0 aliphatic rings. The third kappa shape index (κ3) is 5.79. The second-order valence-corrected chi connectivity index (χ2v) is 8.71. The van der Waals surface area contributed by atoms with E-state index in [-0.39, 0.29) is 4.90 Å². The second-order valence-electron chi connectivity index (χ2n) is 6.45. The summed E-state index contributed by atoms with van der Waals surface area (Å²) in [6.45, 7) is 3.19. The number of hydrogen-bond donors (Lipinski definition) is 1. The molecule has 0 atom stereocenters. The molecule has 0 saturated carbocycles. The first-order valence-corrected chi connectivity index (χ1v) is 11.2. The molecular weight excluding hydrogens is 445 g/mol. The van der Waals surface area contributed by atoms with Crippen LogP contribution in [0.4, 0.5) is 17.1 Å². The lowest BCUT2D eigenvalue weighted by Crippen LogP contribution is -2.22. The summed E-state index contributed by atoms with van der Waals surface area (Å²) in [4.78, 5) is 1.95. The molecule has 0 saturated heterocycles. The van der Waals surface area contributed by atoms with Crippen molar-refractivity contribution in [2.75, 3.05) is 11.4 Å². The van der Waals surface area contributed by atoms with E-state index in [0.29, 0.717) is 34.5 Å². The molecule has 3 aromatic carbocycles. The van der Waals surface area contributed by atoms with Crippen LogP contribution in [0.5, 0.6) is 0 Å². The lowest BCUT2D eigenvalue weighted by atomic mass is 10.2. The highest BCUT2D eigenvalue weighted by atomic mass is 35.5. The molecule has 3 aromatic rings. The molecule has 0 amide bonds. The van der Waals surface area contributed by atoms with E-state index >= 15 is 0 Å². The average Bonchev–Trinajstić information content (AvgIpc) is 2.73. The van der Waals surface area contributed by atoms with Crippen molar-refractivity contribution in [1.29, 1.82) is 0 Å². The highest BCUT2D eigenvalue weighted by molar-refractivity contribution is 7.85. The fourth-order valence-corrected chi connectivity index (χ4v) is 3.69. The quantitative estimate of drug-likeness (QED) is 0.312. The van der Waals surface area contributed by atoms with E-state index in [1.807, 2.05) is 37.3 Å². The molecule has 0 spiro atoms. The Hall–Kier alpha value is -2.45. The predicted octanol–water partition coefficient (Wildman–Crippen LogP) is 6.68. The van der Waals surface area contributed by atoms with Crippen LogP contribution in [0.25, 0.3) is 0 Å². The maximum absolute atomic E-state index is 11.4. The fourth-order valence-electron chi connectivity index (χ4n) is 2.81. The van der Waals surface area contributed by atoms with Crippen molar-refractivity contribution in [3.05, 3.63) is 82.3 Å². The predicted molar refractivity (Wildman–Crippen MR) is 120 cm³/mol. The minimum Gasteiger partial charge on any atom is -0.367 e. The van der Waals surface area contributed by atoms with Crippen molar-refractivity contribution < 1.29 is 13.0 Å². The van der Waals surface area contributed by atoms with Crippen LogP contribution in [0.2, 0.25) is 10.0 Å². The number of benzene rings is 3. The van der Waals surface area contributed by atoms with Crippen molar-refractivity contribution >= 4 is 50.4 Å². The van der Waals surface area contributed by atoms with Gasteiger partial charge in [0.2, 0.25) is 0 Å². The van der Waals surface area contributed by atoms with Gasteiger partial charge in [-0.2, -0.15) is 13.5 Å². The Kier molecular flexibility index (Phi) is 7.10. The highest BCUT2D eigenvalue weighted by Crippen LogP contribution is 2.30. The van der Waals surface area contributed by atoms with Crippen LogP contribution >= 0.6 is 23.2 Å². The molecule has 156 valence electrons. The third-order valence-corrected chi connectivity index (χ3v) is 5.75. The number of anilines is 1. The lowest BCUT2D eigenvalue weighted by molar-refractivity contribution is 0.483. The molecule has 0 radical (unpaired) electrons. The van der Waals surface area contributed by atoms with E-state index < -0.39 is 10.1 Å². The smallest absolute Gasteiger partial charge is 0.294 e. The van der Waals surface area contributed by atoms with E-state index in [9.17, 15) is 13.0 Å². The molecule has 30 heavy (non-hydrogen) atoms. The van der Waals surface area contributed by atoms with Crippen molar-refractivity contribution in [3.8, 4) is 0 Å². The standard InChI is InChI=1S/C21H19Cl2N3O3S/c1-2-26(14-15-4-3-5-19(12-15)30(27,28)29)18-9-7-17(8-10-18)24-25-21-13-16(22)6-11-20(21)23/h3-13H,2,14H2,1H3,(H,27,28,29). The molecule has 0 aromatic heterocycles.